The van der Waals surface area contributed by atoms with Crippen LogP contribution in [0.4, 0.5) is 13.2 Å². The molecule has 1 aromatic rings. The van der Waals surface area contributed by atoms with Gasteiger partial charge in [0.25, 0.3) is 5.91 Å². The topological polar surface area (TPSA) is 49.8 Å². The second kappa shape index (κ2) is 7.87. The summed E-state index contributed by atoms with van der Waals surface area (Å²) < 4.78 is 42.6. The summed E-state index contributed by atoms with van der Waals surface area (Å²) in [7, 11) is 0. The molecule has 0 atom stereocenters. The van der Waals surface area contributed by atoms with Crippen LogP contribution < -0.4 is 4.74 Å². The number of aliphatic hydroxyl groups is 1. The maximum atomic E-state index is 12.4. The Morgan fingerprint density at radius 2 is 1.90 bits per heavy atom. The minimum Gasteiger partial charge on any atom is -0.494 e. The molecule has 4 nitrogen and oxygen atoms in total. The maximum absolute atomic E-state index is 12.4. The number of nitrogens with zero attached hydrogens (tertiary/aromatic N) is 1. The van der Waals surface area contributed by atoms with Crippen molar-refractivity contribution in [2.75, 3.05) is 26.3 Å². The Morgan fingerprint density at radius 1 is 1.29 bits per heavy atom. The first-order valence-electron chi connectivity index (χ1n) is 6.57. The highest BCUT2D eigenvalue weighted by Gasteiger charge is 2.33. The Morgan fingerprint density at radius 3 is 2.38 bits per heavy atom. The van der Waals surface area contributed by atoms with Crippen molar-refractivity contribution >= 4 is 5.91 Å². The van der Waals surface area contributed by atoms with E-state index in [-0.39, 0.29) is 12.1 Å². The molecule has 0 radical (unpaired) electrons. The number of amides is 1. The molecule has 0 aliphatic heterocycles. The van der Waals surface area contributed by atoms with Gasteiger partial charge in [-0.1, -0.05) is 6.92 Å². The normalized spacial score (nSPS) is 11.3. The van der Waals surface area contributed by atoms with Crippen LogP contribution in [0.25, 0.3) is 0 Å². The highest BCUT2D eigenvalue weighted by atomic mass is 19.4. The third kappa shape index (κ3) is 6.03. The number of benzene rings is 1. The average molecular weight is 305 g/mol. The monoisotopic (exact) mass is 305 g/mol. The summed E-state index contributed by atoms with van der Waals surface area (Å²) in [6.45, 7) is 0.187. The van der Waals surface area contributed by atoms with Gasteiger partial charge in [0.1, 0.15) is 12.3 Å². The van der Waals surface area contributed by atoms with Gasteiger partial charge < -0.3 is 14.7 Å². The van der Waals surface area contributed by atoms with Gasteiger partial charge in [-0.2, -0.15) is 13.2 Å². The summed E-state index contributed by atoms with van der Waals surface area (Å²) in [6.07, 6.45) is -3.68. The van der Waals surface area contributed by atoms with E-state index in [2.05, 4.69) is 0 Å². The fraction of sp³-hybridized carbons (Fsp3) is 0.500. The van der Waals surface area contributed by atoms with E-state index in [1.165, 1.54) is 24.3 Å². The Kier molecular flexibility index (Phi) is 6.48. The SMILES string of the molecule is CCCOc1ccc(C(=O)N(CCO)CC(F)(F)F)cc1. The maximum Gasteiger partial charge on any atom is 0.406 e. The number of carbonyl (C=O) groups excluding carboxylic acids is 1. The molecular weight excluding hydrogens is 287 g/mol. The fourth-order valence-corrected chi connectivity index (χ4v) is 1.69. The molecule has 1 rings (SSSR count). The number of rotatable bonds is 7. The first kappa shape index (κ1) is 17.3. The molecular formula is C14H18F3NO3. The van der Waals surface area contributed by atoms with E-state index in [0.29, 0.717) is 17.3 Å². The molecule has 0 saturated heterocycles. The third-order valence-electron chi connectivity index (χ3n) is 2.60. The Balaban J connectivity index is 2.78. The molecule has 21 heavy (non-hydrogen) atoms. The van der Waals surface area contributed by atoms with Crippen LogP contribution >= 0.6 is 0 Å². The van der Waals surface area contributed by atoms with Gasteiger partial charge in [-0.15, -0.1) is 0 Å². The molecule has 0 saturated carbocycles. The molecule has 0 aromatic heterocycles. The highest BCUT2D eigenvalue weighted by molar-refractivity contribution is 5.94. The number of hydrogen-bond acceptors (Lipinski definition) is 3. The minimum atomic E-state index is -4.50. The average Bonchev–Trinajstić information content (AvgIpc) is 2.43. The van der Waals surface area contributed by atoms with E-state index in [1.807, 2.05) is 6.92 Å². The van der Waals surface area contributed by atoms with Crippen LogP contribution in [-0.2, 0) is 0 Å². The van der Waals surface area contributed by atoms with Gasteiger partial charge in [-0.25, -0.2) is 0 Å². The lowest BCUT2D eigenvalue weighted by Gasteiger charge is -2.23. The zero-order chi connectivity index (χ0) is 15.9. The summed E-state index contributed by atoms with van der Waals surface area (Å²) in [4.78, 5) is 12.6. The quantitative estimate of drug-likeness (QED) is 0.842. The standard InChI is InChI=1S/C14H18F3NO3/c1-2-9-21-12-5-3-11(4-6-12)13(20)18(7-8-19)10-14(15,16)17/h3-6,19H,2,7-10H2,1H3. The molecule has 0 spiro atoms. The van der Waals surface area contributed by atoms with Crippen LogP contribution in [0.15, 0.2) is 24.3 Å². The minimum absolute atomic E-state index is 0.122. The smallest absolute Gasteiger partial charge is 0.406 e. The van der Waals surface area contributed by atoms with Crippen molar-refractivity contribution in [2.24, 2.45) is 0 Å². The number of ether oxygens (including phenoxy) is 1. The van der Waals surface area contributed by atoms with E-state index in [4.69, 9.17) is 9.84 Å². The van der Waals surface area contributed by atoms with Crippen molar-refractivity contribution in [1.29, 1.82) is 0 Å². The van der Waals surface area contributed by atoms with Crippen molar-refractivity contribution in [3.8, 4) is 5.75 Å². The second-order valence-corrected chi connectivity index (χ2v) is 4.44. The summed E-state index contributed by atoms with van der Waals surface area (Å²) in [5, 5.41) is 8.79. The van der Waals surface area contributed by atoms with Crippen molar-refractivity contribution in [3.05, 3.63) is 29.8 Å². The van der Waals surface area contributed by atoms with Crippen LogP contribution in [0.2, 0.25) is 0 Å². The molecule has 1 aromatic carbocycles. The lowest BCUT2D eigenvalue weighted by atomic mass is 10.2. The summed E-state index contributed by atoms with van der Waals surface area (Å²) >= 11 is 0. The van der Waals surface area contributed by atoms with E-state index < -0.39 is 25.2 Å². The van der Waals surface area contributed by atoms with E-state index in [9.17, 15) is 18.0 Å². The van der Waals surface area contributed by atoms with Crippen LogP contribution in [0, 0.1) is 0 Å². The van der Waals surface area contributed by atoms with Crippen LogP contribution in [-0.4, -0.2) is 48.4 Å². The molecule has 0 fully saturated rings. The largest absolute Gasteiger partial charge is 0.494 e. The Hall–Kier alpha value is -1.76. The predicted octanol–water partition coefficient (Wildman–Crippen LogP) is 2.47. The summed E-state index contributed by atoms with van der Waals surface area (Å²) in [6, 6.07) is 5.89. The molecule has 118 valence electrons. The number of aliphatic hydroxyl groups excluding tert-OH is 1. The summed E-state index contributed by atoms with van der Waals surface area (Å²) in [5.74, 6) is -0.221. The Labute approximate surface area is 121 Å². The first-order valence-corrected chi connectivity index (χ1v) is 6.57. The summed E-state index contributed by atoms with van der Waals surface area (Å²) in [5.41, 5.74) is 0.122. The van der Waals surface area contributed by atoms with Gasteiger partial charge in [0.15, 0.2) is 0 Å². The molecule has 1 amide bonds. The van der Waals surface area contributed by atoms with Crippen molar-refractivity contribution in [2.45, 2.75) is 19.5 Å². The van der Waals surface area contributed by atoms with Gasteiger partial charge in [0.05, 0.1) is 13.2 Å². The van der Waals surface area contributed by atoms with Crippen LogP contribution in [0.1, 0.15) is 23.7 Å². The van der Waals surface area contributed by atoms with E-state index in [0.717, 1.165) is 6.42 Å². The molecule has 0 heterocycles. The van der Waals surface area contributed by atoms with Crippen molar-refractivity contribution in [1.82, 2.24) is 4.90 Å². The van der Waals surface area contributed by atoms with Gasteiger partial charge in [0, 0.05) is 12.1 Å². The molecule has 7 heteroatoms. The lowest BCUT2D eigenvalue weighted by Crippen LogP contribution is -2.40. The molecule has 0 aliphatic carbocycles. The number of alkyl halides is 3. The van der Waals surface area contributed by atoms with Gasteiger partial charge >= 0.3 is 6.18 Å². The zero-order valence-corrected chi connectivity index (χ0v) is 11.7. The Bertz CT molecular complexity index is 446. The van der Waals surface area contributed by atoms with Crippen molar-refractivity contribution < 1.29 is 27.8 Å². The van der Waals surface area contributed by atoms with Crippen LogP contribution in [0.5, 0.6) is 5.75 Å². The van der Waals surface area contributed by atoms with Gasteiger partial charge in [-0.3, -0.25) is 4.79 Å². The number of hydrogen-bond donors (Lipinski definition) is 1. The second-order valence-electron chi connectivity index (χ2n) is 4.44. The molecule has 0 unspecified atom stereocenters. The van der Waals surface area contributed by atoms with E-state index >= 15 is 0 Å². The lowest BCUT2D eigenvalue weighted by molar-refractivity contribution is -0.141. The number of carbonyl (C=O) groups is 1. The zero-order valence-electron chi connectivity index (χ0n) is 11.7. The highest BCUT2D eigenvalue weighted by Crippen LogP contribution is 2.19. The predicted molar refractivity (Wildman–Crippen MR) is 71.3 cm³/mol. The van der Waals surface area contributed by atoms with Gasteiger partial charge in [0.2, 0.25) is 0 Å². The molecule has 0 bridgehead atoms. The third-order valence-corrected chi connectivity index (χ3v) is 2.60. The van der Waals surface area contributed by atoms with E-state index in [1.54, 1.807) is 0 Å². The van der Waals surface area contributed by atoms with Gasteiger partial charge in [-0.05, 0) is 30.7 Å². The molecule has 1 N–H and O–H groups in total. The van der Waals surface area contributed by atoms with Crippen LogP contribution in [0.3, 0.4) is 0 Å². The first-order chi connectivity index (χ1) is 9.87. The number of halogens is 3. The fourth-order valence-electron chi connectivity index (χ4n) is 1.69. The van der Waals surface area contributed by atoms with Crippen molar-refractivity contribution in [3.63, 3.8) is 0 Å². The molecule has 0 aliphatic rings.